The normalized spacial score (nSPS) is 15.1. The molecule has 0 rings (SSSR count). The van der Waals surface area contributed by atoms with E-state index in [0.29, 0.717) is 38.5 Å². The van der Waals surface area contributed by atoms with Gasteiger partial charge in [-0.3, -0.25) is 37.3 Å². The minimum absolute atomic E-state index is 0.0118. The van der Waals surface area contributed by atoms with Crippen molar-refractivity contribution in [3.05, 3.63) is 243 Å². The molecule has 0 bridgehead atoms. The first kappa shape index (κ1) is 101. The summed E-state index contributed by atoms with van der Waals surface area (Å²) in [5.74, 6) is -2.55. The summed E-state index contributed by atoms with van der Waals surface area (Å²) >= 11 is 0. The van der Waals surface area contributed by atoms with E-state index in [4.69, 9.17) is 37.0 Å². The van der Waals surface area contributed by atoms with Crippen LogP contribution in [0.1, 0.15) is 233 Å². The van der Waals surface area contributed by atoms with E-state index in [1.807, 2.05) is 36.5 Å². The molecule has 0 saturated heterocycles. The highest BCUT2D eigenvalue weighted by Gasteiger charge is 2.30. The minimum atomic E-state index is -5.03. The Hall–Kier alpha value is -7.14. The zero-order chi connectivity index (χ0) is 78.9. The summed E-state index contributed by atoms with van der Waals surface area (Å²) in [5, 5.41) is 10.6. The maximum atomic E-state index is 13.1. The summed E-state index contributed by atoms with van der Waals surface area (Å²) in [6, 6.07) is 0. The molecule has 19 heteroatoms. The number of allylic oxidation sites excluding steroid dienone is 39. The molecule has 602 valence electrons. The van der Waals surface area contributed by atoms with Gasteiger partial charge in [0.05, 0.1) is 32.8 Å². The van der Waals surface area contributed by atoms with Crippen molar-refractivity contribution in [1.29, 1.82) is 0 Å². The van der Waals surface area contributed by atoms with Gasteiger partial charge in [0.2, 0.25) is 0 Å². The highest BCUT2D eigenvalue weighted by molar-refractivity contribution is 7.47. The topological polar surface area (TPSA) is 237 Å². The summed E-state index contributed by atoms with van der Waals surface area (Å²) in [6.45, 7) is 4.06. The lowest BCUT2D eigenvalue weighted by Crippen LogP contribution is -2.30. The number of hydrogen-bond donors (Lipinski definition) is 3. The first-order valence-corrected chi connectivity index (χ1v) is 42.3. The third kappa shape index (κ3) is 77.0. The fraction of sp³-hybridized carbons (Fsp3) is 0.506. The van der Waals surface area contributed by atoms with Crippen molar-refractivity contribution >= 4 is 39.5 Å². The largest absolute Gasteiger partial charge is 0.472 e. The molecule has 0 radical (unpaired) electrons. The molecule has 5 atom stereocenters. The zero-order valence-electron chi connectivity index (χ0n) is 65.6. The van der Waals surface area contributed by atoms with E-state index in [-0.39, 0.29) is 25.7 Å². The van der Waals surface area contributed by atoms with Gasteiger partial charge in [0.25, 0.3) is 0 Å². The number of phosphoric acid groups is 2. The number of aliphatic hydroxyl groups excluding tert-OH is 1. The lowest BCUT2D eigenvalue weighted by atomic mass is 10.1. The molecule has 3 N–H and O–H groups in total. The Labute approximate surface area is 650 Å². The molecule has 0 aliphatic carbocycles. The summed E-state index contributed by atoms with van der Waals surface area (Å²) in [4.78, 5) is 72.9. The molecule has 0 heterocycles. The molecule has 0 aliphatic rings. The Balaban J connectivity index is 5.59. The van der Waals surface area contributed by atoms with Crippen molar-refractivity contribution < 1.29 is 80.2 Å². The zero-order valence-corrected chi connectivity index (χ0v) is 67.4. The Kier molecular flexibility index (Phi) is 72.8. The molecule has 0 amide bonds. The van der Waals surface area contributed by atoms with Gasteiger partial charge in [0, 0.05) is 19.3 Å². The number of esters is 4. The minimum Gasteiger partial charge on any atom is -0.462 e. The second kappa shape index (κ2) is 78.0. The van der Waals surface area contributed by atoms with Crippen LogP contribution in [0.4, 0.5) is 0 Å². The predicted molar refractivity (Wildman–Crippen MR) is 444 cm³/mol. The fourth-order valence-corrected chi connectivity index (χ4v) is 10.6. The number of carbonyl (C=O) groups is 4. The molecule has 17 nitrogen and oxygen atoms in total. The van der Waals surface area contributed by atoms with E-state index in [0.717, 1.165) is 141 Å². The summed E-state index contributed by atoms with van der Waals surface area (Å²) in [7, 11) is -10.1. The molecule has 0 aromatic heterocycles. The number of unbranched alkanes of at least 4 members (excludes halogenated alkanes) is 5. The highest BCUT2D eigenvalue weighted by Crippen LogP contribution is 2.45. The third-order valence-electron chi connectivity index (χ3n) is 14.8. The van der Waals surface area contributed by atoms with E-state index < -0.39 is 97.5 Å². The Morgan fingerprint density at radius 1 is 0.269 bits per heavy atom. The van der Waals surface area contributed by atoms with Crippen LogP contribution in [-0.4, -0.2) is 96.7 Å². The van der Waals surface area contributed by atoms with E-state index >= 15 is 0 Å². The SMILES string of the molecule is CC/C=C\C/C=C\C/C=C\C/C=C\C/C=C\C/C=C\CCC(=O)OCC(COP(=O)(O)OCC(O)COP(=O)(O)OCC(COC(=O)CCCCC/C=C\C/C=C\C/C=C\C/C=C\C/C=C\CC)OC(=O)C/C=C\C/C=C\C/C=C\C/C=C\C/C=C\CC)OC(=O)CCCC/C=C\C/C=C\C/C=C\C/C=C\CC. The van der Waals surface area contributed by atoms with Crippen LogP contribution >= 0.6 is 15.6 Å². The van der Waals surface area contributed by atoms with E-state index in [1.165, 1.54) is 0 Å². The van der Waals surface area contributed by atoms with Crippen molar-refractivity contribution in [1.82, 2.24) is 0 Å². The maximum absolute atomic E-state index is 13.1. The van der Waals surface area contributed by atoms with Gasteiger partial charge in [-0.15, -0.1) is 0 Å². The van der Waals surface area contributed by atoms with Crippen LogP contribution < -0.4 is 0 Å². The molecular weight excluding hydrogens is 1400 g/mol. The van der Waals surface area contributed by atoms with Crippen LogP contribution in [0.2, 0.25) is 0 Å². The highest BCUT2D eigenvalue weighted by atomic mass is 31.2. The van der Waals surface area contributed by atoms with Crippen molar-refractivity contribution in [3.63, 3.8) is 0 Å². The second-order valence-electron chi connectivity index (χ2n) is 24.8. The van der Waals surface area contributed by atoms with E-state index in [9.17, 15) is 43.2 Å². The Morgan fingerprint density at radius 2 is 0.509 bits per heavy atom. The average molecular weight is 1540 g/mol. The maximum Gasteiger partial charge on any atom is 0.472 e. The van der Waals surface area contributed by atoms with Crippen molar-refractivity contribution in [2.24, 2.45) is 0 Å². The summed E-state index contributed by atoms with van der Waals surface area (Å²) < 4.78 is 68.3. The van der Waals surface area contributed by atoms with Crippen LogP contribution in [0, 0.1) is 0 Å². The van der Waals surface area contributed by atoms with Gasteiger partial charge >= 0.3 is 39.5 Å². The third-order valence-corrected chi connectivity index (χ3v) is 16.7. The molecule has 0 saturated carbocycles. The quantitative estimate of drug-likeness (QED) is 0.0169. The van der Waals surface area contributed by atoms with Gasteiger partial charge in [0.1, 0.15) is 19.3 Å². The van der Waals surface area contributed by atoms with Crippen molar-refractivity contribution in [3.8, 4) is 0 Å². The standard InChI is InChI=1S/C89H134O17P2/c1-5-9-13-17-21-25-29-33-37-39-41-43-47-49-53-57-61-65-69-73-86(91)99-79-84(105-88(93)75-71-67-63-59-55-51-45-35-31-27-23-19-15-11-7-3)81-103-107(95,96)101-77-83(90)78-102-108(97,98)104-82-85(106-89(94)76-72-68-64-60-56-52-46-36-32-28-24-20-16-12-8-4)80-100-87(92)74-70-66-62-58-54-50-48-44-42-40-38-34-30-26-22-18-14-10-6-2/h9-16,21-28,33-38,41-46,49-50,53-56,59-61,65,68,72,83-85,90H,5-8,17-20,29-32,39-40,47-48,51-52,57-58,62-64,66-67,69-71,73-82H2,1-4H3,(H,95,96)(H,97,98)/b13-9-,14-10-,15-11-,16-12-,25-21-,26-22-,27-23-,28-24-,37-33-,38-34-,43-41-,44-42-,45-35-,46-36-,53-49-,54-50-,59-55-,60-56-,65-61-,72-68-. The van der Waals surface area contributed by atoms with Crippen LogP contribution in [-0.2, 0) is 65.4 Å². The average Bonchev–Trinajstić information content (AvgIpc) is 0.923. The first-order valence-electron chi connectivity index (χ1n) is 39.3. The summed E-state index contributed by atoms with van der Waals surface area (Å²) in [5.41, 5.74) is 0. The number of rotatable bonds is 70. The molecule has 0 aliphatic heterocycles. The van der Waals surface area contributed by atoms with Crippen LogP contribution in [0.25, 0.3) is 0 Å². The monoisotopic (exact) mass is 1540 g/mol. The van der Waals surface area contributed by atoms with Gasteiger partial charge in [-0.2, -0.15) is 0 Å². The summed E-state index contributed by atoms with van der Waals surface area (Å²) in [6.07, 6.45) is 102. The smallest absolute Gasteiger partial charge is 0.462 e. The van der Waals surface area contributed by atoms with E-state index in [1.54, 1.807) is 12.2 Å². The molecule has 0 aromatic rings. The van der Waals surface area contributed by atoms with Crippen molar-refractivity contribution in [2.75, 3.05) is 39.6 Å². The van der Waals surface area contributed by atoms with Gasteiger partial charge in [-0.05, 0) is 173 Å². The number of carbonyl (C=O) groups excluding carboxylic acids is 4. The molecule has 5 unspecified atom stereocenters. The Bertz CT molecular complexity index is 3010. The van der Waals surface area contributed by atoms with Gasteiger partial charge in [0.15, 0.2) is 12.2 Å². The van der Waals surface area contributed by atoms with E-state index in [2.05, 4.69) is 222 Å². The fourth-order valence-electron chi connectivity index (χ4n) is 9.04. The van der Waals surface area contributed by atoms with Crippen LogP contribution in [0.3, 0.4) is 0 Å². The molecule has 0 aromatic carbocycles. The second-order valence-corrected chi connectivity index (χ2v) is 27.7. The number of aliphatic hydroxyl groups is 1. The first-order chi connectivity index (χ1) is 52.7. The molecule has 0 fully saturated rings. The number of ether oxygens (including phenoxy) is 4. The van der Waals surface area contributed by atoms with Crippen LogP contribution in [0.5, 0.6) is 0 Å². The van der Waals surface area contributed by atoms with Crippen LogP contribution in [0.15, 0.2) is 243 Å². The van der Waals surface area contributed by atoms with Gasteiger partial charge in [-0.25, -0.2) is 9.13 Å². The van der Waals surface area contributed by atoms with Gasteiger partial charge < -0.3 is 33.8 Å². The molecular formula is C89H134O17P2. The molecule has 0 spiro atoms. The van der Waals surface area contributed by atoms with Gasteiger partial charge in [-0.1, -0.05) is 277 Å². The molecule has 108 heavy (non-hydrogen) atoms. The number of phosphoric ester groups is 2. The predicted octanol–water partition coefficient (Wildman–Crippen LogP) is 23.2. The lowest BCUT2D eigenvalue weighted by Gasteiger charge is -2.21. The lowest BCUT2D eigenvalue weighted by molar-refractivity contribution is -0.161. The Morgan fingerprint density at radius 3 is 0.833 bits per heavy atom. The number of hydrogen-bond acceptors (Lipinski definition) is 15. The van der Waals surface area contributed by atoms with Crippen molar-refractivity contribution in [2.45, 2.75) is 251 Å².